The average Bonchev–Trinajstić information content (AvgIpc) is 3.25. The summed E-state index contributed by atoms with van der Waals surface area (Å²) in [6.45, 7) is -0.331. The highest BCUT2D eigenvalue weighted by molar-refractivity contribution is 6.33. The zero-order chi connectivity index (χ0) is 24.9. The van der Waals surface area contributed by atoms with Crippen LogP contribution in [0, 0.1) is 16.0 Å². The Balaban J connectivity index is 1.30. The number of rotatable bonds is 8. The van der Waals surface area contributed by atoms with Gasteiger partial charge in [-0.15, -0.1) is 0 Å². The van der Waals surface area contributed by atoms with Crippen molar-refractivity contribution in [3.05, 3.63) is 93.5 Å². The van der Waals surface area contributed by atoms with Crippen LogP contribution in [-0.2, 0) is 14.3 Å². The van der Waals surface area contributed by atoms with E-state index in [1.54, 1.807) is 36.4 Å². The summed E-state index contributed by atoms with van der Waals surface area (Å²) in [4.78, 5) is 48.9. The van der Waals surface area contributed by atoms with Crippen molar-refractivity contribution in [2.45, 2.75) is 6.42 Å². The number of halogens is 1. The zero-order valence-electron chi connectivity index (χ0n) is 18.3. The minimum Gasteiger partial charge on any atom is -0.457 e. The molecule has 1 fully saturated rings. The summed E-state index contributed by atoms with van der Waals surface area (Å²) in [7, 11) is 0. The molecule has 35 heavy (non-hydrogen) atoms. The van der Waals surface area contributed by atoms with Crippen molar-refractivity contribution in [3.8, 4) is 11.5 Å². The van der Waals surface area contributed by atoms with Crippen LogP contribution >= 0.6 is 11.6 Å². The molecule has 0 aromatic heterocycles. The molecule has 0 bridgehead atoms. The summed E-state index contributed by atoms with van der Waals surface area (Å²) >= 11 is 6.15. The van der Waals surface area contributed by atoms with Crippen molar-refractivity contribution in [1.29, 1.82) is 0 Å². The number of para-hydroxylation sites is 1. The van der Waals surface area contributed by atoms with Crippen molar-refractivity contribution in [2.24, 2.45) is 5.92 Å². The molecule has 178 valence electrons. The van der Waals surface area contributed by atoms with E-state index in [2.05, 4.69) is 0 Å². The zero-order valence-corrected chi connectivity index (χ0v) is 19.0. The third kappa shape index (κ3) is 5.64. The fourth-order valence-corrected chi connectivity index (χ4v) is 3.83. The minimum absolute atomic E-state index is 0.0209. The molecule has 3 aromatic carbocycles. The van der Waals surface area contributed by atoms with Crippen molar-refractivity contribution in [2.75, 3.05) is 18.1 Å². The SMILES string of the molecule is O=C(COC(=O)[C@@H]1CC(=O)N(c2ccccc2Cl)C1)c1ccc(Oc2ccc([N+](=O)[O-])cc2)cc1. The fourth-order valence-electron chi connectivity index (χ4n) is 3.59. The Hall–Kier alpha value is -4.24. The highest BCUT2D eigenvalue weighted by Gasteiger charge is 2.37. The molecule has 0 unspecified atom stereocenters. The Kier molecular flexibility index (Phi) is 7.07. The number of Topliss-reactive ketones (excluding diaryl/α,β-unsaturated/α-hetero) is 1. The molecule has 1 heterocycles. The second kappa shape index (κ2) is 10.4. The maximum absolute atomic E-state index is 12.5. The Morgan fingerprint density at radius 3 is 2.26 bits per heavy atom. The molecule has 4 rings (SSSR count). The van der Waals surface area contributed by atoms with Gasteiger partial charge in [-0.05, 0) is 48.5 Å². The Morgan fingerprint density at radius 1 is 1.00 bits per heavy atom. The molecule has 0 saturated carbocycles. The topological polar surface area (TPSA) is 116 Å². The molecule has 1 saturated heterocycles. The van der Waals surface area contributed by atoms with Crippen LogP contribution in [0.25, 0.3) is 0 Å². The summed E-state index contributed by atoms with van der Waals surface area (Å²) in [5, 5.41) is 11.1. The number of nitro groups is 1. The van der Waals surface area contributed by atoms with Crippen LogP contribution in [0.1, 0.15) is 16.8 Å². The van der Waals surface area contributed by atoms with E-state index in [9.17, 15) is 24.5 Å². The maximum atomic E-state index is 12.5. The number of carbonyl (C=O) groups is 3. The summed E-state index contributed by atoms with van der Waals surface area (Å²) in [5.41, 5.74) is 0.794. The first kappa shape index (κ1) is 23.9. The monoisotopic (exact) mass is 494 g/mol. The third-order valence-corrected chi connectivity index (χ3v) is 5.73. The lowest BCUT2D eigenvalue weighted by atomic mass is 10.1. The van der Waals surface area contributed by atoms with Crippen molar-refractivity contribution in [1.82, 2.24) is 0 Å². The number of non-ortho nitro benzene ring substituents is 1. The van der Waals surface area contributed by atoms with Gasteiger partial charge in [0.15, 0.2) is 12.4 Å². The standard InChI is InChI=1S/C25H19ClN2O7/c26-21-3-1-2-4-22(21)27-14-17(13-24(27)30)25(31)34-15-23(29)16-5-9-19(10-6-16)35-20-11-7-18(8-12-20)28(32)33/h1-12,17H,13-15H2/t17-/m1/s1. The first-order chi connectivity index (χ1) is 16.8. The second-order valence-electron chi connectivity index (χ2n) is 7.77. The van der Waals surface area contributed by atoms with Gasteiger partial charge in [-0.3, -0.25) is 24.5 Å². The largest absolute Gasteiger partial charge is 0.457 e. The molecule has 0 radical (unpaired) electrons. The number of benzene rings is 3. The van der Waals surface area contributed by atoms with Crippen LogP contribution in [-0.4, -0.2) is 35.7 Å². The van der Waals surface area contributed by atoms with Gasteiger partial charge in [0.25, 0.3) is 5.69 Å². The van der Waals surface area contributed by atoms with Gasteiger partial charge in [-0.2, -0.15) is 0 Å². The van der Waals surface area contributed by atoms with Gasteiger partial charge in [0.05, 0.1) is 21.6 Å². The van der Waals surface area contributed by atoms with Gasteiger partial charge in [0.2, 0.25) is 5.91 Å². The Labute approximate surface area is 205 Å². The van der Waals surface area contributed by atoms with E-state index in [1.165, 1.54) is 41.3 Å². The van der Waals surface area contributed by atoms with Crippen molar-refractivity contribution in [3.63, 3.8) is 0 Å². The van der Waals surface area contributed by atoms with Crippen molar-refractivity contribution < 1.29 is 28.8 Å². The molecule has 1 aliphatic heterocycles. The summed E-state index contributed by atoms with van der Waals surface area (Å²) in [6.07, 6.45) is -0.0209. The number of hydrogen-bond donors (Lipinski definition) is 0. The van der Waals surface area contributed by atoms with Crippen LogP contribution in [0.3, 0.4) is 0 Å². The number of esters is 1. The van der Waals surface area contributed by atoms with Gasteiger partial charge in [-0.1, -0.05) is 23.7 Å². The number of nitro benzene ring substituents is 1. The number of hydrogen-bond acceptors (Lipinski definition) is 7. The molecule has 3 aromatic rings. The molecular formula is C25H19ClN2O7. The van der Waals surface area contributed by atoms with Gasteiger partial charge in [0.1, 0.15) is 11.5 Å². The fraction of sp³-hybridized carbons (Fsp3) is 0.160. The molecule has 10 heteroatoms. The first-order valence-corrected chi connectivity index (χ1v) is 11.0. The summed E-state index contributed by atoms with van der Waals surface area (Å²) < 4.78 is 10.8. The number of anilines is 1. The Morgan fingerprint density at radius 2 is 1.63 bits per heavy atom. The van der Waals surface area contributed by atoms with E-state index in [4.69, 9.17) is 21.1 Å². The lowest BCUT2D eigenvalue weighted by Crippen LogP contribution is -2.27. The predicted octanol–water partition coefficient (Wildman–Crippen LogP) is 4.82. The van der Waals surface area contributed by atoms with Crippen LogP contribution in [0.5, 0.6) is 11.5 Å². The Bertz CT molecular complexity index is 1280. The molecule has 0 spiro atoms. The van der Waals surface area contributed by atoms with Gasteiger partial charge in [0, 0.05) is 30.7 Å². The van der Waals surface area contributed by atoms with Crippen LogP contribution in [0.4, 0.5) is 11.4 Å². The predicted molar refractivity (Wildman–Crippen MR) is 127 cm³/mol. The highest BCUT2D eigenvalue weighted by atomic mass is 35.5. The second-order valence-corrected chi connectivity index (χ2v) is 8.17. The smallest absolute Gasteiger partial charge is 0.311 e. The summed E-state index contributed by atoms with van der Waals surface area (Å²) in [5.74, 6) is -1.14. The van der Waals surface area contributed by atoms with E-state index in [-0.39, 0.29) is 24.6 Å². The highest BCUT2D eigenvalue weighted by Crippen LogP contribution is 2.31. The van der Waals surface area contributed by atoms with Crippen LogP contribution in [0.2, 0.25) is 5.02 Å². The van der Waals surface area contributed by atoms with E-state index >= 15 is 0 Å². The van der Waals surface area contributed by atoms with E-state index in [0.717, 1.165) is 0 Å². The van der Waals surface area contributed by atoms with E-state index < -0.39 is 29.2 Å². The number of ketones is 1. The molecule has 1 aliphatic rings. The normalized spacial score (nSPS) is 15.1. The molecular weight excluding hydrogens is 476 g/mol. The lowest BCUT2D eigenvalue weighted by Gasteiger charge is -2.17. The quantitative estimate of drug-likeness (QED) is 0.191. The van der Waals surface area contributed by atoms with Crippen LogP contribution in [0.15, 0.2) is 72.8 Å². The van der Waals surface area contributed by atoms with Gasteiger partial charge in [-0.25, -0.2) is 0 Å². The lowest BCUT2D eigenvalue weighted by molar-refractivity contribution is -0.384. The minimum atomic E-state index is -0.691. The number of ether oxygens (including phenoxy) is 2. The van der Waals surface area contributed by atoms with E-state index in [0.29, 0.717) is 27.8 Å². The average molecular weight is 495 g/mol. The summed E-state index contributed by atoms with van der Waals surface area (Å²) in [6, 6.07) is 18.6. The van der Waals surface area contributed by atoms with Gasteiger partial charge >= 0.3 is 5.97 Å². The number of nitrogens with zero attached hydrogens (tertiary/aromatic N) is 2. The van der Waals surface area contributed by atoms with Gasteiger partial charge < -0.3 is 14.4 Å². The first-order valence-electron chi connectivity index (χ1n) is 10.6. The molecule has 0 aliphatic carbocycles. The molecule has 1 atom stereocenters. The third-order valence-electron chi connectivity index (χ3n) is 5.41. The van der Waals surface area contributed by atoms with Crippen molar-refractivity contribution >= 4 is 40.6 Å². The molecule has 0 N–H and O–H groups in total. The molecule has 9 nitrogen and oxygen atoms in total. The molecule has 1 amide bonds. The van der Waals surface area contributed by atoms with Crippen LogP contribution < -0.4 is 9.64 Å². The number of amides is 1. The van der Waals surface area contributed by atoms with E-state index in [1.807, 2.05) is 0 Å². The number of carbonyl (C=O) groups excluding carboxylic acids is 3. The maximum Gasteiger partial charge on any atom is 0.311 e.